The maximum absolute atomic E-state index is 13.2. The van der Waals surface area contributed by atoms with E-state index in [1.165, 1.54) is 37.7 Å². The number of rotatable bonds is 4. The fourth-order valence-electron chi connectivity index (χ4n) is 3.35. The third-order valence-electron chi connectivity index (χ3n) is 5.08. The van der Waals surface area contributed by atoms with E-state index >= 15 is 0 Å². The highest BCUT2D eigenvalue weighted by molar-refractivity contribution is 7.99. The molecule has 8 heteroatoms. The average Bonchev–Trinajstić information content (AvgIpc) is 3.38. The lowest BCUT2D eigenvalue weighted by Gasteiger charge is -2.17. The Hall–Kier alpha value is -2.97. The van der Waals surface area contributed by atoms with Crippen LogP contribution < -0.4 is 9.47 Å². The van der Waals surface area contributed by atoms with E-state index in [1.54, 1.807) is 24.3 Å². The smallest absolute Gasteiger partial charge is 0.189 e. The van der Waals surface area contributed by atoms with Crippen LogP contribution in [-0.2, 0) is 0 Å². The fraction of sp³-hybridized carbons (Fsp3) is 0.308. The van der Waals surface area contributed by atoms with Gasteiger partial charge in [-0.2, -0.15) is 0 Å². The van der Waals surface area contributed by atoms with Crippen molar-refractivity contribution in [2.45, 2.75) is 17.7 Å². The summed E-state index contributed by atoms with van der Waals surface area (Å²) in [6.45, 7) is 4.80. The number of hydrogen-bond acceptors (Lipinski definition) is 6. The first-order chi connectivity index (χ1) is 16.5. The lowest BCUT2D eigenvalue weighted by atomic mass is 10.3. The number of ether oxygens (including phenoxy) is 2. The number of likely N-dealkylation sites (tertiary alicyclic amines) is 1. The zero-order chi connectivity index (χ0) is 24.2. The van der Waals surface area contributed by atoms with Gasteiger partial charge in [0.1, 0.15) is 23.9 Å². The molecule has 5 nitrogen and oxygen atoms in total. The second kappa shape index (κ2) is 13.7. The molecule has 0 bridgehead atoms. The minimum absolute atomic E-state index is 0.170. The first-order valence-corrected chi connectivity index (χ1v) is 12.1. The Morgan fingerprint density at radius 3 is 2.21 bits per heavy atom. The number of fused-ring (bicyclic) bond motifs is 1. The number of para-hydroxylation sites is 2. The molecule has 0 aromatic heterocycles. The Morgan fingerprint density at radius 2 is 1.59 bits per heavy atom. The summed E-state index contributed by atoms with van der Waals surface area (Å²) < 4.78 is 36.6. The van der Waals surface area contributed by atoms with Crippen molar-refractivity contribution in [3.8, 4) is 23.0 Å². The van der Waals surface area contributed by atoms with Crippen LogP contribution in [0.15, 0.2) is 71.6 Å². The van der Waals surface area contributed by atoms with E-state index in [-0.39, 0.29) is 10.6 Å². The van der Waals surface area contributed by atoms with Crippen molar-refractivity contribution in [3.63, 3.8) is 0 Å². The van der Waals surface area contributed by atoms with Gasteiger partial charge in [-0.25, -0.2) is 8.78 Å². The monoisotopic (exact) mass is 489 g/mol. The lowest BCUT2D eigenvalue weighted by molar-refractivity contribution is 0.238. The van der Waals surface area contributed by atoms with Crippen molar-refractivity contribution in [3.05, 3.63) is 78.4 Å². The second-order valence-corrected chi connectivity index (χ2v) is 8.70. The number of phenols is 2. The van der Waals surface area contributed by atoms with Gasteiger partial charge in [0, 0.05) is 18.4 Å². The van der Waals surface area contributed by atoms with Crippen molar-refractivity contribution < 1.29 is 28.5 Å². The lowest BCUT2D eigenvalue weighted by Crippen LogP contribution is -2.25. The van der Waals surface area contributed by atoms with Crippen molar-refractivity contribution in [1.82, 2.24) is 4.90 Å². The predicted molar refractivity (Wildman–Crippen MR) is 130 cm³/mol. The van der Waals surface area contributed by atoms with Crippen LogP contribution in [0.2, 0.25) is 0 Å². The van der Waals surface area contributed by atoms with Crippen molar-refractivity contribution >= 4 is 11.8 Å². The zero-order valence-electron chi connectivity index (χ0n) is 18.8. The number of halogens is 2. The first kappa shape index (κ1) is 25.6. The van der Waals surface area contributed by atoms with Crippen LogP contribution in [0, 0.1) is 11.6 Å². The van der Waals surface area contributed by atoms with E-state index < -0.39 is 17.4 Å². The van der Waals surface area contributed by atoms with Gasteiger partial charge in [0.2, 0.25) is 0 Å². The predicted octanol–water partition coefficient (Wildman–Crippen LogP) is 5.71. The Balaban J connectivity index is 0.000000151. The molecule has 2 N–H and O–H groups in total. The third-order valence-corrected chi connectivity index (χ3v) is 6.12. The first-order valence-electron chi connectivity index (χ1n) is 11.2. The van der Waals surface area contributed by atoms with Crippen LogP contribution in [0.4, 0.5) is 8.78 Å². The molecule has 1 saturated heterocycles. The van der Waals surface area contributed by atoms with Crippen molar-refractivity contribution in [1.29, 1.82) is 0 Å². The molecule has 0 amide bonds. The van der Waals surface area contributed by atoms with Crippen LogP contribution in [0.3, 0.4) is 0 Å². The summed E-state index contributed by atoms with van der Waals surface area (Å²) >= 11 is 1.21. The summed E-state index contributed by atoms with van der Waals surface area (Å²) in [7, 11) is 0. The zero-order valence-corrected chi connectivity index (χ0v) is 19.6. The molecule has 182 valence electrons. The highest BCUT2D eigenvalue weighted by atomic mass is 32.2. The van der Waals surface area contributed by atoms with Crippen LogP contribution >= 0.6 is 11.8 Å². The molecule has 3 aromatic rings. The molecule has 2 heterocycles. The molecule has 0 spiro atoms. The average molecular weight is 490 g/mol. The molecule has 1 fully saturated rings. The SMILES string of the molecule is Oc1c(F)cc2c(c1F)SCCO2.Oc1ccccc1.c1ccc(OCCN2CCCC2)cc1. The molecule has 0 aliphatic carbocycles. The Morgan fingerprint density at radius 1 is 0.941 bits per heavy atom. The second-order valence-electron chi connectivity index (χ2n) is 7.59. The molecule has 0 radical (unpaired) electrons. The summed E-state index contributed by atoms with van der Waals surface area (Å²) in [5, 5.41) is 17.6. The number of benzene rings is 3. The number of hydrogen-bond donors (Lipinski definition) is 2. The van der Waals surface area contributed by atoms with E-state index in [0.29, 0.717) is 18.1 Å². The highest BCUT2D eigenvalue weighted by Gasteiger charge is 2.22. The number of aromatic hydroxyl groups is 2. The third kappa shape index (κ3) is 8.11. The van der Waals surface area contributed by atoms with Gasteiger partial charge in [-0.15, -0.1) is 11.8 Å². The molecule has 3 aromatic carbocycles. The quantitative estimate of drug-likeness (QED) is 0.490. The molecule has 0 saturated carbocycles. The minimum Gasteiger partial charge on any atom is -0.508 e. The van der Waals surface area contributed by atoms with Crippen molar-refractivity contribution in [2.24, 2.45) is 0 Å². The number of phenolic OH excluding ortho intramolecular Hbond substituents is 2. The van der Waals surface area contributed by atoms with Gasteiger partial charge in [-0.05, 0) is 50.2 Å². The molecule has 0 atom stereocenters. The standard InChI is InChI=1S/C12H17NO.C8H6F2O2S.C6H6O/c1-2-6-12(7-3-1)14-11-10-13-8-4-5-9-13;9-4-3-5-8(6(10)7(4)11)13-2-1-12-5;7-6-4-2-1-3-5-6/h1-3,6-7H,4-5,8-11H2;3,11H,1-2H2;1-5,7H. The van der Waals surface area contributed by atoms with E-state index in [0.717, 1.165) is 25.0 Å². The maximum atomic E-state index is 13.2. The van der Waals surface area contributed by atoms with E-state index in [2.05, 4.69) is 4.90 Å². The summed E-state index contributed by atoms with van der Waals surface area (Å²) in [5.74, 6) is -0.775. The molecule has 2 aliphatic heterocycles. The van der Waals surface area contributed by atoms with E-state index in [1.807, 2.05) is 36.4 Å². The topological polar surface area (TPSA) is 62.2 Å². The molecule has 34 heavy (non-hydrogen) atoms. The number of thioether (sulfide) groups is 1. The van der Waals surface area contributed by atoms with Gasteiger partial charge in [0.15, 0.2) is 17.4 Å². The van der Waals surface area contributed by atoms with Gasteiger partial charge in [-0.1, -0.05) is 36.4 Å². The van der Waals surface area contributed by atoms with Gasteiger partial charge in [0.05, 0.1) is 11.5 Å². The van der Waals surface area contributed by atoms with Gasteiger partial charge < -0.3 is 19.7 Å². The summed E-state index contributed by atoms with van der Waals surface area (Å²) in [6, 6.07) is 19.7. The summed E-state index contributed by atoms with van der Waals surface area (Å²) in [6.07, 6.45) is 2.71. The van der Waals surface area contributed by atoms with Gasteiger partial charge in [-0.3, -0.25) is 4.90 Å². The highest BCUT2D eigenvalue weighted by Crippen LogP contribution is 2.40. The molecule has 5 rings (SSSR count). The summed E-state index contributed by atoms with van der Waals surface area (Å²) in [5.41, 5.74) is 0. The van der Waals surface area contributed by atoms with Gasteiger partial charge in [0.25, 0.3) is 0 Å². The van der Waals surface area contributed by atoms with Crippen LogP contribution in [0.5, 0.6) is 23.0 Å². The van der Waals surface area contributed by atoms with Crippen LogP contribution in [0.1, 0.15) is 12.8 Å². The Kier molecular flexibility index (Phi) is 10.3. The Labute approximate surface area is 202 Å². The summed E-state index contributed by atoms with van der Waals surface area (Å²) in [4.78, 5) is 2.65. The largest absolute Gasteiger partial charge is 0.508 e. The Bertz CT molecular complexity index is 1000. The van der Waals surface area contributed by atoms with E-state index in [9.17, 15) is 8.78 Å². The molecular formula is C26H29F2NO4S. The minimum atomic E-state index is -0.987. The fourth-order valence-corrected chi connectivity index (χ4v) is 4.20. The molecule has 2 aliphatic rings. The number of nitrogens with zero attached hydrogens (tertiary/aromatic N) is 1. The van der Waals surface area contributed by atoms with Crippen molar-refractivity contribution in [2.75, 3.05) is 38.6 Å². The normalized spacial score (nSPS) is 14.5. The van der Waals surface area contributed by atoms with Crippen LogP contribution in [0.25, 0.3) is 0 Å². The maximum Gasteiger partial charge on any atom is 0.189 e. The molecular weight excluding hydrogens is 460 g/mol. The molecule has 0 unspecified atom stereocenters. The van der Waals surface area contributed by atoms with E-state index in [4.69, 9.17) is 19.7 Å². The van der Waals surface area contributed by atoms with Crippen LogP contribution in [-0.4, -0.2) is 53.7 Å². The van der Waals surface area contributed by atoms with Gasteiger partial charge >= 0.3 is 0 Å².